The Kier molecular flexibility index (Phi) is 40.0. The summed E-state index contributed by atoms with van der Waals surface area (Å²) in [6.45, 7) is 4.73. The van der Waals surface area contributed by atoms with E-state index in [0.29, 0.717) is 12.8 Å². The summed E-state index contributed by atoms with van der Waals surface area (Å²) in [7, 11) is -5.03. The van der Waals surface area contributed by atoms with Crippen LogP contribution in [0, 0.1) is 0 Å². The number of hydrogen-bond donors (Lipinski definition) is 0. The third-order valence-electron chi connectivity index (χ3n) is 10.5. The number of rotatable bonds is 39. The van der Waals surface area contributed by atoms with Gasteiger partial charge < -0.3 is 14.0 Å². The zero-order chi connectivity index (χ0) is 40.8. The van der Waals surface area contributed by atoms with E-state index in [1.165, 1.54) is 153 Å². The molecule has 9 heteroatoms. The molecule has 0 aromatic heterocycles. The van der Waals surface area contributed by atoms with Gasteiger partial charge in [0.05, 0.1) is 29.2 Å². The third-order valence-corrected chi connectivity index (χ3v) is 11.4. The average Bonchev–Trinajstić information content (AvgIpc) is 3.18. The summed E-state index contributed by atoms with van der Waals surface area (Å²) in [5.74, 6) is -1.84. The van der Waals surface area contributed by atoms with Gasteiger partial charge in [-0.3, -0.25) is 0 Å². The zero-order valence-electron chi connectivity index (χ0n) is 36.8. The molecule has 1 aromatic carbocycles. The number of allylic oxidation sites excluding steroid dienone is 4. The first-order valence-corrected chi connectivity index (χ1v) is 24.5. The monoisotopic (exact) mass is 841 g/mol. The molecule has 0 aliphatic rings. The smallest absolute Gasteiger partial charge is 0.744 e. The van der Waals surface area contributed by atoms with Crippen LogP contribution in [0.4, 0.5) is 0 Å². The molecule has 0 saturated heterocycles. The fraction of sp³-hybridized carbons (Fsp3) is 0.750. The number of ether oxygens (including phenoxy) is 2. The van der Waals surface area contributed by atoms with E-state index in [2.05, 4.69) is 38.2 Å². The first-order chi connectivity index (χ1) is 27.3. The van der Waals surface area contributed by atoms with Gasteiger partial charge in [-0.15, -0.1) is 0 Å². The first kappa shape index (κ1) is 56.2. The minimum Gasteiger partial charge on any atom is -0.744 e. The van der Waals surface area contributed by atoms with Crippen LogP contribution in [0.25, 0.3) is 0 Å². The summed E-state index contributed by atoms with van der Waals surface area (Å²) in [4.78, 5) is 25.2. The molecule has 0 bridgehead atoms. The molecule has 322 valence electrons. The van der Waals surface area contributed by atoms with E-state index in [1.807, 2.05) is 0 Å². The Hall–Kier alpha value is -0.814. The standard InChI is InChI=1S/C48H82O7S.K/c1-3-5-7-9-11-13-15-17-19-21-23-25-27-29-31-33-35-37-42-54-47(49)44-40-39-41-45(56(51,52)53)46(44)48(50)55-43-38-36-34-32-30-28-26-24-22-20-18-16-14-12-10-8-6-4-2;/h27-30,39-41H,3-26,31-38,42-43H2,1-2H3,(H,51,52,53);/q;+1/p-1/b29-27+,30-28+;. The van der Waals surface area contributed by atoms with Crippen molar-refractivity contribution in [2.75, 3.05) is 13.2 Å². The molecule has 0 radical (unpaired) electrons. The van der Waals surface area contributed by atoms with E-state index in [9.17, 15) is 22.6 Å². The van der Waals surface area contributed by atoms with Gasteiger partial charge in [0, 0.05) is 0 Å². The van der Waals surface area contributed by atoms with E-state index in [0.717, 1.165) is 57.4 Å². The summed E-state index contributed by atoms with van der Waals surface area (Å²) in [5, 5.41) is 0. The summed E-state index contributed by atoms with van der Waals surface area (Å²) < 4.78 is 46.7. The molecule has 0 heterocycles. The number of unbranched alkanes of at least 4 members (excludes halogenated alkanes) is 28. The minimum absolute atomic E-state index is 0. The molecule has 0 unspecified atom stereocenters. The predicted octanol–water partition coefficient (Wildman–Crippen LogP) is 11.5. The molecular formula is C48H81KO7S. The minimum atomic E-state index is -5.03. The van der Waals surface area contributed by atoms with Crippen molar-refractivity contribution in [2.45, 2.75) is 224 Å². The molecule has 1 aromatic rings. The number of hydrogen-bond acceptors (Lipinski definition) is 7. The van der Waals surface area contributed by atoms with Gasteiger partial charge in [-0.1, -0.05) is 173 Å². The van der Waals surface area contributed by atoms with Crippen molar-refractivity contribution in [2.24, 2.45) is 0 Å². The second-order valence-electron chi connectivity index (χ2n) is 15.7. The van der Waals surface area contributed by atoms with Crippen LogP contribution in [0.5, 0.6) is 0 Å². The van der Waals surface area contributed by atoms with Crippen LogP contribution in [0.15, 0.2) is 47.4 Å². The molecule has 7 nitrogen and oxygen atoms in total. The van der Waals surface area contributed by atoms with Gasteiger partial charge >= 0.3 is 63.3 Å². The van der Waals surface area contributed by atoms with Gasteiger partial charge in [0.1, 0.15) is 10.1 Å². The first-order valence-electron chi connectivity index (χ1n) is 23.1. The maximum absolute atomic E-state index is 13.0. The quantitative estimate of drug-likeness (QED) is 0.0213. The SMILES string of the molecule is CCCCCCCCCCCCC/C=C/CCCCCOC(=O)c1cccc(S(=O)(=O)[O-])c1C(=O)OCCCCC/C=C/CCCCCCCCCCCCC.[K+]. The fourth-order valence-electron chi connectivity index (χ4n) is 7.01. The molecular weight excluding hydrogens is 760 g/mol. The Balaban J connectivity index is 0.0000314. The van der Waals surface area contributed by atoms with Crippen molar-refractivity contribution in [1.29, 1.82) is 0 Å². The second-order valence-corrected chi connectivity index (χ2v) is 17.0. The molecule has 0 atom stereocenters. The van der Waals surface area contributed by atoms with E-state index >= 15 is 0 Å². The van der Waals surface area contributed by atoms with Gasteiger partial charge in [-0.2, -0.15) is 0 Å². The molecule has 0 amide bonds. The van der Waals surface area contributed by atoms with Crippen molar-refractivity contribution in [1.82, 2.24) is 0 Å². The van der Waals surface area contributed by atoms with Gasteiger partial charge in [0.2, 0.25) is 0 Å². The molecule has 0 N–H and O–H groups in total. The Bertz CT molecular complexity index is 1280. The number of carbonyl (C=O) groups is 2. The molecule has 0 aliphatic carbocycles. The summed E-state index contributed by atoms with van der Waals surface area (Å²) >= 11 is 0. The molecule has 57 heavy (non-hydrogen) atoms. The Morgan fingerprint density at radius 1 is 0.491 bits per heavy atom. The third kappa shape index (κ3) is 32.6. The van der Waals surface area contributed by atoms with Crippen LogP contribution in [0.3, 0.4) is 0 Å². The van der Waals surface area contributed by atoms with Crippen LogP contribution in [0.1, 0.15) is 240 Å². The number of esters is 2. The maximum Gasteiger partial charge on any atom is 1.00 e. The normalized spacial score (nSPS) is 11.7. The average molecular weight is 841 g/mol. The largest absolute Gasteiger partial charge is 1.00 e. The van der Waals surface area contributed by atoms with Crippen molar-refractivity contribution in [3.05, 3.63) is 53.6 Å². The molecule has 0 fully saturated rings. The number of carbonyl (C=O) groups excluding carboxylic acids is 2. The van der Waals surface area contributed by atoms with E-state index < -0.39 is 32.5 Å². The van der Waals surface area contributed by atoms with Crippen LogP contribution >= 0.6 is 0 Å². The van der Waals surface area contributed by atoms with Gasteiger partial charge in [0.15, 0.2) is 0 Å². The predicted molar refractivity (Wildman–Crippen MR) is 232 cm³/mol. The van der Waals surface area contributed by atoms with Crippen molar-refractivity contribution in [3.8, 4) is 0 Å². The molecule has 0 spiro atoms. The summed E-state index contributed by atoms with van der Waals surface area (Å²) in [6, 6.07) is 3.60. The van der Waals surface area contributed by atoms with Crippen molar-refractivity contribution in [3.63, 3.8) is 0 Å². The summed E-state index contributed by atoms with van der Waals surface area (Å²) in [5.41, 5.74) is -0.805. The van der Waals surface area contributed by atoms with Crippen LogP contribution < -0.4 is 51.4 Å². The van der Waals surface area contributed by atoms with Crippen LogP contribution in [0.2, 0.25) is 0 Å². The molecule has 1 rings (SSSR count). The topological polar surface area (TPSA) is 110 Å². The van der Waals surface area contributed by atoms with Crippen molar-refractivity contribution < 1.29 is 83.4 Å². The Morgan fingerprint density at radius 3 is 1.16 bits per heavy atom. The van der Waals surface area contributed by atoms with Gasteiger partial charge in [0.25, 0.3) is 0 Å². The maximum atomic E-state index is 13.0. The van der Waals surface area contributed by atoms with E-state index in [4.69, 9.17) is 9.47 Å². The van der Waals surface area contributed by atoms with Gasteiger partial charge in [-0.25, -0.2) is 18.0 Å². The van der Waals surface area contributed by atoms with Crippen LogP contribution in [-0.4, -0.2) is 38.1 Å². The van der Waals surface area contributed by atoms with E-state index in [1.54, 1.807) is 0 Å². The number of benzene rings is 1. The fourth-order valence-corrected chi connectivity index (χ4v) is 7.69. The zero-order valence-corrected chi connectivity index (χ0v) is 40.8. The second kappa shape index (κ2) is 40.6. The van der Waals surface area contributed by atoms with Crippen molar-refractivity contribution >= 4 is 22.1 Å². The molecule has 0 saturated carbocycles. The Morgan fingerprint density at radius 2 is 0.807 bits per heavy atom. The molecule has 0 aliphatic heterocycles. The van der Waals surface area contributed by atoms with Gasteiger partial charge in [-0.05, 0) is 89.2 Å². The summed E-state index contributed by atoms with van der Waals surface area (Å²) in [6.07, 6.45) is 47.7. The van der Waals surface area contributed by atoms with E-state index in [-0.39, 0.29) is 70.2 Å². The van der Waals surface area contributed by atoms with Crippen LogP contribution in [-0.2, 0) is 19.6 Å². The Labute approximate surface area is 392 Å².